The van der Waals surface area contributed by atoms with Gasteiger partial charge in [0, 0.05) is 30.2 Å². The highest BCUT2D eigenvalue weighted by Gasteiger charge is 2.09. The Morgan fingerprint density at radius 1 is 1.27 bits per heavy atom. The van der Waals surface area contributed by atoms with Gasteiger partial charge in [-0.05, 0) is 25.1 Å². The lowest BCUT2D eigenvalue weighted by Crippen LogP contribution is -2.24. The van der Waals surface area contributed by atoms with Gasteiger partial charge in [0.05, 0.1) is 5.56 Å². The molecule has 1 N–H and O–H groups in total. The number of nitrogens with zero attached hydrogens (tertiary/aromatic N) is 5. The van der Waals surface area contributed by atoms with Crippen LogP contribution in [0.1, 0.15) is 21.6 Å². The van der Waals surface area contributed by atoms with Crippen LogP contribution in [-0.2, 0) is 6.54 Å². The van der Waals surface area contributed by atoms with Crippen LogP contribution >= 0.6 is 0 Å². The van der Waals surface area contributed by atoms with E-state index in [1.54, 1.807) is 35.5 Å². The molecular weight excluding hydrogens is 280 g/mol. The Morgan fingerprint density at radius 3 is 2.91 bits per heavy atom. The van der Waals surface area contributed by atoms with Crippen LogP contribution in [0.2, 0.25) is 0 Å². The third-order valence-corrected chi connectivity index (χ3v) is 3.12. The van der Waals surface area contributed by atoms with Gasteiger partial charge in [-0.15, -0.1) is 0 Å². The fourth-order valence-electron chi connectivity index (χ4n) is 1.97. The fourth-order valence-corrected chi connectivity index (χ4v) is 1.97. The largest absolute Gasteiger partial charge is 0.348 e. The van der Waals surface area contributed by atoms with Crippen molar-refractivity contribution < 1.29 is 4.79 Å². The number of hydrogen-bond donors (Lipinski definition) is 1. The molecule has 0 aliphatic heterocycles. The van der Waals surface area contributed by atoms with E-state index in [1.165, 1.54) is 6.33 Å². The quantitative estimate of drug-likeness (QED) is 0.783. The molecule has 0 aromatic carbocycles. The fraction of sp³-hybridized carbons (Fsp3) is 0.133. The molecule has 7 nitrogen and oxygen atoms in total. The van der Waals surface area contributed by atoms with Gasteiger partial charge in [-0.25, -0.2) is 14.6 Å². The maximum atomic E-state index is 12.1. The summed E-state index contributed by atoms with van der Waals surface area (Å²) in [4.78, 5) is 24.4. The third-order valence-electron chi connectivity index (χ3n) is 3.12. The van der Waals surface area contributed by atoms with Gasteiger partial charge in [0.2, 0.25) is 0 Å². The molecule has 3 rings (SSSR count). The summed E-state index contributed by atoms with van der Waals surface area (Å²) in [5.74, 6) is 0.461. The van der Waals surface area contributed by atoms with Gasteiger partial charge in [-0.2, -0.15) is 5.10 Å². The molecule has 0 radical (unpaired) electrons. The van der Waals surface area contributed by atoms with E-state index in [4.69, 9.17) is 0 Å². The van der Waals surface area contributed by atoms with Crippen molar-refractivity contribution in [3.8, 4) is 5.82 Å². The Morgan fingerprint density at radius 2 is 2.18 bits per heavy atom. The Balaban J connectivity index is 1.74. The molecule has 0 saturated carbocycles. The molecular formula is C15H14N6O. The highest BCUT2D eigenvalue weighted by Crippen LogP contribution is 2.09. The van der Waals surface area contributed by atoms with E-state index in [0.29, 0.717) is 17.9 Å². The van der Waals surface area contributed by atoms with Crippen LogP contribution < -0.4 is 5.32 Å². The smallest absolute Gasteiger partial charge is 0.253 e. The monoisotopic (exact) mass is 294 g/mol. The Hall–Kier alpha value is -3.09. The number of aromatic nitrogens is 5. The van der Waals surface area contributed by atoms with E-state index in [1.807, 2.05) is 19.1 Å². The lowest BCUT2D eigenvalue weighted by atomic mass is 10.2. The molecule has 3 aromatic heterocycles. The van der Waals surface area contributed by atoms with Gasteiger partial charge in [-0.1, -0.05) is 6.07 Å². The van der Waals surface area contributed by atoms with Crippen molar-refractivity contribution in [3.05, 3.63) is 66.1 Å². The molecule has 0 bridgehead atoms. The van der Waals surface area contributed by atoms with E-state index in [9.17, 15) is 4.79 Å². The zero-order valence-corrected chi connectivity index (χ0v) is 12.0. The molecule has 0 unspecified atom stereocenters. The Labute approximate surface area is 127 Å². The molecule has 110 valence electrons. The molecule has 1 amide bonds. The summed E-state index contributed by atoms with van der Waals surface area (Å²) >= 11 is 0. The standard InChI is InChI=1S/C15H14N6O/c1-11-4-5-13(8-18-11)15(22)19-7-12-3-2-6-17-14(12)21-10-16-9-20-21/h2-6,8-10H,7H2,1H3,(H,19,22). The maximum Gasteiger partial charge on any atom is 0.253 e. The highest BCUT2D eigenvalue weighted by atomic mass is 16.1. The van der Waals surface area contributed by atoms with Crippen LogP contribution in [0.3, 0.4) is 0 Å². The van der Waals surface area contributed by atoms with Gasteiger partial charge in [0.1, 0.15) is 12.7 Å². The van der Waals surface area contributed by atoms with Crippen molar-refractivity contribution in [1.29, 1.82) is 0 Å². The SMILES string of the molecule is Cc1ccc(C(=O)NCc2cccnc2-n2cncn2)cn1. The molecule has 0 aliphatic rings. The van der Waals surface area contributed by atoms with E-state index in [-0.39, 0.29) is 5.91 Å². The predicted octanol–water partition coefficient (Wildman–Crippen LogP) is 1.30. The van der Waals surface area contributed by atoms with Crippen molar-refractivity contribution in [2.75, 3.05) is 0 Å². The minimum absolute atomic E-state index is 0.180. The van der Waals surface area contributed by atoms with Crippen LogP contribution in [0.4, 0.5) is 0 Å². The summed E-state index contributed by atoms with van der Waals surface area (Å²) in [7, 11) is 0. The van der Waals surface area contributed by atoms with Crippen molar-refractivity contribution in [3.63, 3.8) is 0 Å². The van der Waals surface area contributed by atoms with Crippen molar-refractivity contribution in [1.82, 2.24) is 30.0 Å². The molecule has 22 heavy (non-hydrogen) atoms. The van der Waals surface area contributed by atoms with Crippen molar-refractivity contribution in [2.24, 2.45) is 0 Å². The van der Waals surface area contributed by atoms with Gasteiger partial charge in [0.15, 0.2) is 5.82 Å². The van der Waals surface area contributed by atoms with E-state index < -0.39 is 0 Å². The maximum absolute atomic E-state index is 12.1. The first-order valence-electron chi connectivity index (χ1n) is 6.74. The average Bonchev–Trinajstić information content (AvgIpc) is 3.08. The van der Waals surface area contributed by atoms with Crippen LogP contribution in [0.5, 0.6) is 0 Å². The summed E-state index contributed by atoms with van der Waals surface area (Å²) in [5, 5.41) is 6.92. The number of pyridine rings is 2. The van der Waals surface area contributed by atoms with Crippen molar-refractivity contribution in [2.45, 2.75) is 13.5 Å². The molecule has 0 saturated heterocycles. The van der Waals surface area contributed by atoms with Gasteiger partial charge in [-0.3, -0.25) is 9.78 Å². The lowest BCUT2D eigenvalue weighted by molar-refractivity contribution is 0.0950. The first-order chi connectivity index (χ1) is 10.7. The highest BCUT2D eigenvalue weighted by molar-refractivity contribution is 5.93. The molecule has 0 fully saturated rings. The number of rotatable bonds is 4. The topological polar surface area (TPSA) is 85.6 Å². The second-order valence-electron chi connectivity index (χ2n) is 4.70. The summed E-state index contributed by atoms with van der Waals surface area (Å²) in [6, 6.07) is 7.26. The van der Waals surface area contributed by atoms with Crippen LogP contribution in [0.25, 0.3) is 5.82 Å². The minimum atomic E-state index is -0.180. The zero-order valence-electron chi connectivity index (χ0n) is 12.0. The summed E-state index contributed by atoms with van der Waals surface area (Å²) in [6.45, 7) is 2.22. The molecule has 0 spiro atoms. The third kappa shape index (κ3) is 2.98. The summed E-state index contributed by atoms with van der Waals surface area (Å²) < 4.78 is 1.56. The first-order valence-corrected chi connectivity index (χ1v) is 6.74. The number of hydrogen-bond acceptors (Lipinski definition) is 5. The van der Waals surface area contributed by atoms with Gasteiger partial charge in [0.25, 0.3) is 5.91 Å². The zero-order chi connectivity index (χ0) is 15.4. The summed E-state index contributed by atoms with van der Waals surface area (Å²) in [6.07, 6.45) is 6.24. The lowest BCUT2D eigenvalue weighted by Gasteiger charge is -2.09. The summed E-state index contributed by atoms with van der Waals surface area (Å²) in [5.41, 5.74) is 2.25. The van der Waals surface area contributed by atoms with Gasteiger partial charge < -0.3 is 5.32 Å². The number of nitrogens with one attached hydrogen (secondary N) is 1. The molecule has 3 aromatic rings. The second-order valence-corrected chi connectivity index (χ2v) is 4.70. The van der Waals surface area contributed by atoms with Crippen molar-refractivity contribution >= 4 is 5.91 Å². The number of carbonyl (C=O) groups is 1. The number of amides is 1. The van der Waals surface area contributed by atoms with E-state index in [2.05, 4.69) is 25.4 Å². The molecule has 3 heterocycles. The Kier molecular flexibility index (Phi) is 3.86. The van der Waals surface area contributed by atoms with E-state index >= 15 is 0 Å². The molecule has 7 heteroatoms. The van der Waals surface area contributed by atoms with Crippen LogP contribution in [-0.4, -0.2) is 30.6 Å². The normalized spacial score (nSPS) is 10.4. The molecule has 0 aliphatic carbocycles. The first kappa shape index (κ1) is 13.9. The Bertz CT molecular complexity index is 767. The molecule has 0 atom stereocenters. The average molecular weight is 294 g/mol. The minimum Gasteiger partial charge on any atom is -0.348 e. The second kappa shape index (κ2) is 6.13. The number of aryl methyl sites for hydroxylation is 1. The van der Waals surface area contributed by atoms with Crippen LogP contribution in [0, 0.1) is 6.92 Å². The van der Waals surface area contributed by atoms with Crippen LogP contribution in [0.15, 0.2) is 49.3 Å². The predicted molar refractivity (Wildman–Crippen MR) is 79.3 cm³/mol. The van der Waals surface area contributed by atoms with E-state index in [0.717, 1.165) is 11.3 Å². The van der Waals surface area contributed by atoms with Gasteiger partial charge >= 0.3 is 0 Å². The number of carbonyl (C=O) groups excluding carboxylic acids is 1.